The Bertz CT molecular complexity index is 1500. The quantitative estimate of drug-likeness (QED) is 0.0314. The highest BCUT2D eigenvalue weighted by molar-refractivity contribution is 7.72. The average molecular weight is 1470 g/mol. The van der Waals surface area contributed by atoms with E-state index < -0.39 is 15.3 Å². The molecule has 586 valence electrons. The zero-order chi connectivity index (χ0) is 70.1. The van der Waals surface area contributed by atoms with Gasteiger partial charge in [0.05, 0.1) is 106 Å². The van der Waals surface area contributed by atoms with E-state index in [9.17, 15) is 0 Å². The molecule has 1 aliphatic heterocycles. The van der Waals surface area contributed by atoms with Gasteiger partial charge in [0.15, 0.2) is 8.52 Å². The van der Waals surface area contributed by atoms with E-state index >= 15 is 0 Å². The summed E-state index contributed by atoms with van der Waals surface area (Å²) in [6, 6.07) is 0. The highest BCUT2D eigenvalue weighted by Gasteiger charge is 2.34. The van der Waals surface area contributed by atoms with Gasteiger partial charge in [-0.2, -0.15) is 9.03 Å². The molecular formula is C72H148N3O20P3. The first-order valence-electron chi connectivity index (χ1n) is 39.2. The highest BCUT2D eigenvalue weighted by Crippen LogP contribution is 2.72. The predicted molar refractivity (Wildman–Crippen MR) is 393 cm³/mol. The lowest BCUT2D eigenvalue weighted by molar-refractivity contribution is -0.139. The van der Waals surface area contributed by atoms with Gasteiger partial charge >= 0.3 is 15.3 Å². The summed E-state index contributed by atoms with van der Waals surface area (Å²) in [6.45, 7) is 16.8. The van der Waals surface area contributed by atoms with E-state index in [1.165, 1.54) is 231 Å². The van der Waals surface area contributed by atoms with Crippen LogP contribution in [-0.4, -0.2) is 186 Å². The van der Waals surface area contributed by atoms with Crippen LogP contribution in [0, 0.1) is 0 Å². The molecule has 98 heavy (non-hydrogen) atoms. The van der Waals surface area contributed by atoms with E-state index in [1.807, 2.05) is 0 Å². The molecule has 0 unspecified atom stereocenters. The molecule has 0 aromatic heterocycles. The van der Waals surface area contributed by atoms with Crippen molar-refractivity contribution in [2.75, 3.05) is 186 Å². The second-order valence-corrected chi connectivity index (χ2v) is 30.2. The first-order valence-corrected chi connectivity index (χ1v) is 43.0. The van der Waals surface area contributed by atoms with Crippen molar-refractivity contribution < 1.29 is 93.9 Å². The largest absolute Gasteiger partial charge is 0.379 e. The van der Waals surface area contributed by atoms with E-state index in [1.54, 1.807) is 0 Å². The fourth-order valence-corrected chi connectivity index (χ4v) is 16.6. The van der Waals surface area contributed by atoms with Crippen molar-refractivity contribution in [1.29, 1.82) is 0 Å². The molecule has 0 spiro atoms. The van der Waals surface area contributed by atoms with Crippen LogP contribution in [0.5, 0.6) is 0 Å². The smallest absolute Gasteiger partial charge is 0.350 e. The van der Waals surface area contributed by atoms with Gasteiger partial charge < -0.3 is 93.9 Å². The van der Waals surface area contributed by atoms with E-state index in [2.05, 4.69) is 36.7 Å². The highest BCUT2D eigenvalue weighted by atomic mass is 31.3. The molecule has 1 rings (SSSR count). The molecule has 0 radical (unpaired) electrons. The lowest BCUT2D eigenvalue weighted by Crippen LogP contribution is -2.13. The Morgan fingerprint density at radius 2 is 0.367 bits per heavy atom. The molecule has 0 saturated heterocycles. The summed E-state index contributed by atoms with van der Waals surface area (Å²) in [5, 5.41) is 0. The molecule has 0 aliphatic carbocycles. The summed E-state index contributed by atoms with van der Waals surface area (Å²) < 4.78 is 130. The van der Waals surface area contributed by atoms with Crippen LogP contribution in [0.15, 0.2) is 13.5 Å². The third kappa shape index (κ3) is 71.4. The summed E-state index contributed by atoms with van der Waals surface area (Å²) >= 11 is 0. The summed E-state index contributed by atoms with van der Waals surface area (Å²) in [5.74, 6) is 0. The predicted octanol–water partition coefficient (Wildman–Crippen LogP) is 20.6. The van der Waals surface area contributed by atoms with Gasteiger partial charge in [-0.05, 0) is 25.7 Å². The van der Waals surface area contributed by atoms with Crippen molar-refractivity contribution in [2.45, 2.75) is 285 Å². The number of rotatable bonds is 88. The van der Waals surface area contributed by atoms with Gasteiger partial charge in [-0.3, -0.25) is 0 Å². The van der Waals surface area contributed by atoms with E-state index in [4.69, 9.17) is 98.4 Å². The first kappa shape index (κ1) is 95.8. The molecule has 0 amide bonds. The Kier molecular flexibility index (Phi) is 80.5. The van der Waals surface area contributed by atoms with E-state index in [-0.39, 0.29) is 116 Å². The van der Waals surface area contributed by atoms with Gasteiger partial charge in [-0.1, -0.05) is 259 Å². The lowest BCUT2D eigenvalue weighted by atomic mass is 10.1. The second kappa shape index (κ2) is 82.4. The summed E-state index contributed by atoms with van der Waals surface area (Å²) in [4.78, 5) is 0. The minimum Gasteiger partial charge on any atom is -0.379 e. The Morgan fingerprint density at radius 3 is 0.592 bits per heavy atom. The molecule has 26 heteroatoms. The second-order valence-electron chi connectivity index (χ2n) is 24.9. The van der Waals surface area contributed by atoms with Crippen LogP contribution < -0.4 is 0 Å². The summed E-state index contributed by atoms with van der Waals surface area (Å²) in [7, 11) is -6.67. The maximum absolute atomic E-state index is 6.37. The number of nitrogens with zero attached hydrogens (tertiary/aromatic N) is 3. The Labute approximate surface area is 599 Å². The van der Waals surface area contributed by atoms with Crippen LogP contribution >= 0.6 is 23.8 Å². The number of hydrogen-bond acceptors (Lipinski definition) is 23. The fourth-order valence-electron chi connectivity index (χ4n) is 10.2. The van der Waals surface area contributed by atoms with Crippen molar-refractivity contribution in [3.8, 4) is 0 Å². The molecule has 0 bridgehead atoms. The standard InChI is InChI=1S/C72H148N3O20P3/c1-5-9-13-17-21-25-29-33-37-41-45-76-49-53-80-65-88-69-84-57-61-92-97(93-62-58-85-70-89-66-81-54-50-77-46-42-38-34-30-26-22-18-14-10-6-2)73-96-74-98(75-97,94-63-59-86-71-90-67-82-55-51-78-47-43-39-35-31-27-23-19-15-11-7-3)95-64-60-87-72-91-68-83-56-52-79-48-44-40-36-32-28-24-20-16-12-8-4/h5-72H2,1-4H3. The third-order valence-electron chi connectivity index (χ3n) is 15.9. The van der Waals surface area contributed by atoms with Crippen LogP contribution in [0.3, 0.4) is 0 Å². The fraction of sp³-hybridized carbons (Fsp3) is 1.00. The van der Waals surface area contributed by atoms with Crippen LogP contribution in [0.2, 0.25) is 0 Å². The summed E-state index contributed by atoms with van der Waals surface area (Å²) in [6.07, 6.45) is 51.8. The number of ether oxygens (including phenoxy) is 16. The van der Waals surface area contributed by atoms with Crippen LogP contribution in [-0.2, 0) is 93.9 Å². The minimum atomic E-state index is -3.46. The van der Waals surface area contributed by atoms with Crippen LogP contribution in [0.4, 0.5) is 0 Å². The summed E-state index contributed by atoms with van der Waals surface area (Å²) in [5.41, 5.74) is 0. The SMILES string of the molecule is CCCCCCCCCCCCOCCOCOCOCCOP1(OCCOCOCOCCOCCCCCCCCCCCC)=NP=NP(OCCOCOCOCCOCCCCCCCCCCCC)(OCCOCOCOCCOCCCCCCCCCCCC)=N1. The lowest BCUT2D eigenvalue weighted by Gasteiger charge is -2.27. The Balaban J connectivity index is 2.72. The third-order valence-corrected chi connectivity index (χ3v) is 22.2. The molecule has 0 fully saturated rings. The van der Waals surface area contributed by atoms with E-state index in [0.29, 0.717) is 52.9 Å². The number of hydrogen-bond donors (Lipinski definition) is 0. The zero-order valence-corrected chi connectivity index (χ0v) is 65.6. The van der Waals surface area contributed by atoms with E-state index in [0.717, 1.165) is 52.1 Å². The van der Waals surface area contributed by atoms with Gasteiger partial charge in [0.1, 0.15) is 54.3 Å². The average Bonchev–Trinajstić information content (AvgIpc) is 0.813. The molecule has 0 aromatic carbocycles. The normalized spacial score (nSPS) is 13.7. The van der Waals surface area contributed by atoms with Gasteiger partial charge in [-0.15, -0.1) is 4.52 Å². The van der Waals surface area contributed by atoms with Crippen LogP contribution in [0.1, 0.15) is 285 Å². The van der Waals surface area contributed by atoms with Crippen molar-refractivity contribution in [1.82, 2.24) is 0 Å². The van der Waals surface area contributed by atoms with Gasteiger partial charge in [-0.25, -0.2) is 0 Å². The molecule has 0 atom stereocenters. The van der Waals surface area contributed by atoms with Crippen LogP contribution in [0.25, 0.3) is 0 Å². The maximum Gasteiger partial charge on any atom is 0.350 e. The Morgan fingerprint density at radius 1 is 0.184 bits per heavy atom. The molecule has 0 aromatic rings. The minimum absolute atomic E-state index is 0.0163. The monoisotopic (exact) mass is 1470 g/mol. The van der Waals surface area contributed by atoms with Gasteiger partial charge in [0.25, 0.3) is 0 Å². The zero-order valence-electron chi connectivity index (χ0n) is 62.9. The van der Waals surface area contributed by atoms with Crippen molar-refractivity contribution in [2.24, 2.45) is 13.5 Å². The molecule has 23 nitrogen and oxygen atoms in total. The maximum atomic E-state index is 6.37. The van der Waals surface area contributed by atoms with Gasteiger partial charge in [0, 0.05) is 26.4 Å². The van der Waals surface area contributed by atoms with Crippen molar-refractivity contribution >= 4 is 23.8 Å². The van der Waals surface area contributed by atoms with Crippen molar-refractivity contribution in [3.05, 3.63) is 0 Å². The number of unbranched alkanes of at least 4 members (excludes halogenated alkanes) is 36. The molecule has 1 heterocycles. The molecular weight excluding hydrogens is 1320 g/mol. The Hall–Kier alpha value is -0.240. The molecule has 1 aliphatic rings. The molecule has 0 saturated carbocycles. The first-order chi connectivity index (χ1) is 48.7. The topological polar surface area (TPSA) is 222 Å². The van der Waals surface area contributed by atoms with Gasteiger partial charge in [0.2, 0.25) is 0 Å². The van der Waals surface area contributed by atoms with Crippen molar-refractivity contribution in [3.63, 3.8) is 0 Å². The molecule has 0 N–H and O–H groups in total.